The van der Waals surface area contributed by atoms with E-state index in [0.717, 1.165) is 5.69 Å². The van der Waals surface area contributed by atoms with Crippen molar-refractivity contribution in [2.45, 2.75) is 25.3 Å². The first-order valence-corrected chi connectivity index (χ1v) is 9.60. The van der Waals surface area contributed by atoms with E-state index in [1.807, 2.05) is 24.3 Å². The van der Waals surface area contributed by atoms with Crippen molar-refractivity contribution < 1.29 is 17.9 Å². The number of anilines is 1. The van der Waals surface area contributed by atoms with Crippen molar-refractivity contribution in [3.8, 4) is 5.75 Å². The molecule has 1 aromatic rings. The van der Waals surface area contributed by atoms with Crippen LogP contribution in [0.15, 0.2) is 24.3 Å². The van der Waals surface area contributed by atoms with Gasteiger partial charge in [-0.1, -0.05) is 6.07 Å². The highest BCUT2D eigenvalue weighted by atomic mass is 32.2. The highest BCUT2D eigenvalue weighted by molar-refractivity contribution is 7.89. The van der Waals surface area contributed by atoms with Gasteiger partial charge >= 0.3 is 0 Å². The minimum absolute atomic E-state index is 0.0727. The van der Waals surface area contributed by atoms with Crippen LogP contribution < -0.4 is 15.4 Å². The normalized spacial score (nSPS) is 18.0. The maximum atomic E-state index is 12.5. The van der Waals surface area contributed by atoms with E-state index < -0.39 is 15.6 Å². The molecule has 7 nitrogen and oxygen atoms in total. The van der Waals surface area contributed by atoms with Crippen LogP contribution in [0, 0.1) is 0 Å². The molecule has 134 valence electrons. The lowest BCUT2D eigenvalue weighted by atomic mass is 9.87. The third kappa shape index (κ3) is 3.81. The fourth-order valence-corrected chi connectivity index (χ4v) is 4.06. The van der Waals surface area contributed by atoms with Crippen molar-refractivity contribution >= 4 is 21.6 Å². The summed E-state index contributed by atoms with van der Waals surface area (Å²) < 4.78 is 30.7. The molecule has 1 amide bonds. The summed E-state index contributed by atoms with van der Waals surface area (Å²) in [5.41, 5.74) is -0.0642. The average Bonchev–Trinajstić information content (AvgIpc) is 2.61. The Labute approximate surface area is 143 Å². The summed E-state index contributed by atoms with van der Waals surface area (Å²) >= 11 is 0. The number of nitrogens with one attached hydrogen (secondary N) is 2. The quantitative estimate of drug-likeness (QED) is 0.796. The van der Waals surface area contributed by atoms with Gasteiger partial charge in [-0.05, 0) is 31.9 Å². The third-order valence-electron chi connectivity index (χ3n) is 4.45. The van der Waals surface area contributed by atoms with Crippen molar-refractivity contribution in [1.29, 1.82) is 0 Å². The first-order valence-electron chi connectivity index (χ1n) is 7.99. The maximum Gasteiger partial charge on any atom is 0.245 e. The molecule has 1 fully saturated rings. The second-order valence-electron chi connectivity index (χ2n) is 5.82. The molecule has 8 heteroatoms. The molecule has 0 radical (unpaired) electrons. The van der Waals surface area contributed by atoms with Gasteiger partial charge < -0.3 is 15.4 Å². The van der Waals surface area contributed by atoms with Crippen LogP contribution in [-0.2, 0) is 14.8 Å². The second-order valence-corrected chi connectivity index (χ2v) is 8.08. The third-order valence-corrected chi connectivity index (χ3v) is 6.33. The molecule has 1 saturated heterocycles. The summed E-state index contributed by atoms with van der Waals surface area (Å²) in [4.78, 5) is 12.5. The molecule has 0 unspecified atom stereocenters. The Morgan fingerprint density at radius 1 is 1.33 bits per heavy atom. The molecule has 0 spiro atoms. The van der Waals surface area contributed by atoms with Crippen molar-refractivity contribution in [1.82, 2.24) is 9.62 Å². The monoisotopic (exact) mass is 355 g/mol. The maximum absolute atomic E-state index is 12.5. The standard InChI is InChI=1S/C16H25N3O4S/c1-4-24(21,22)19-10-8-16(9-11-19,15(20)17-2)18-13-6-5-7-14(12-13)23-3/h5-7,12,18H,4,8-11H2,1-3H3,(H,17,20). The summed E-state index contributed by atoms with van der Waals surface area (Å²) in [6.07, 6.45) is 0.812. The molecule has 0 bridgehead atoms. The largest absolute Gasteiger partial charge is 0.497 e. The number of hydrogen-bond acceptors (Lipinski definition) is 5. The van der Waals surface area contributed by atoms with E-state index in [-0.39, 0.29) is 11.7 Å². The Morgan fingerprint density at radius 3 is 2.54 bits per heavy atom. The summed E-state index contributed by atoms with van der Waals surface area (Å²) in [5, 5.41) is 5.99. The van der Waals surface area contributed by atoms with Crippen molar-refractivity contribution in [2.24, 2.45) is 0 Å². The van der Waals surface area contributed by atoms with Gasteiger partial charge in [-0.2, -0.15) is 0 Å². The molecular formula is C16H25N3O4S. The zero-order valence-electron chi connectivity index (χ0n) is 14.3. The predicted octanol–water partition coefficient (Wildman–Crippen LogP) is 1.04. The Kier molecular flexibility index (Phi) is 5.71. The highest BCUT2D eigenvalue weighted by Crippen LogP contribution is 2.30. The summed E-state index contributed by atoms with van der Waals surface area (Å²) in [6.45, 7) is 2.27. The van der Waals surface area contributed by atoms with Gasteiger partial charge in [0.1, 0.15) is 11.3 Å². The van der Waals surface area contributed by atoms with E-state index in [0.29, 0.717) is 31.7 Å². The topological polar surface area (TPSA) is 87.7 Å². The number of likely N-dealkylation sites (N-methyl/N-ethyl adjacent to an activating group) is 1. The summed E-state index contributed by atoms with van der Waals surface area (Å²) in [5.74, 6) is 0.625. The van der Waals surface area contributed by atoms with Gasteiger partial charge in [0.25, 0.3) is 0 Å². The molecular weight excluding hydrogens is 330 g/mol. The fraction of sp³-hybridized carbons (Fsp3) is 0.562. The lowest BCUT2D eigenvalue weighted by Gasteiger charge is -2.40. The van der Waals surface area contributed by atoms with Crippen LogP contribution in [0.2, 0.25) is 0 Å². The van der Waals surface area contributed by atoms with Gasteiger partial charge in [0.05, 0.1) is 12.9 Å². The van der Waals surface area contributed by atoms with Crippen molar-refractivity contribution in [3.05, 3.63) is 24.3 Å². The Balaban J connectivity index is 2.22. The number of carbonyl (C=O) groups is 1. The smallest absolute Gasteiger partial charge is 0.245 e. The SMILES string of the molecule is CCS(=O)(=O)N1CCC(Nc2cccc(OC)c2)(C(=O)NC)CC1. The second kappa shape index (κ2) is 7.40. The molecule has 1 aliphatic heterocycles. The fourth-order valence-electron chi connectivity index (χ4n) is 2.95. The van der Waals surface area contributed by atoms with Gasteiger partial charge in [0.2, 0.25) is 15.9 Å². The van der Waals surface area contributed by atoms with Gasteiger partial charge in [-0.3, -0.25) is 4.79 Å². The van der Waals surface area contributed by atoms with Crippen molar-refractivity contribution in [2.75, 3.05) is 38.3 Å². The first-order chi connectivity index (χ1) is 11.4. The molecule has 24 heavy (non-hydrogen) atoms. The molecule has 0 aromatic heterocycles. The zero-order valence-corrected chi connectivity index (χ0v) is 15.1. The van der Waals surface area contributed by atoms with Crippen LogP contribution in [0.3, 0.4) is 0 Å². The Bertz CT molecular complexity index is 682. The number of nitrogens with zero attached hydrogens (tertiary/aromatic N) is 1. The number of amides is 1. The summed E-state index contributed by atoms with van der Waals surface area (Å²) in [7, 11) is -0.0587. The van der Waals surface area contributed by atoms with Crippen LogP contribution in [0.1, 0.15) is 19.8 Å². The number of sulfonamides is 1. The zero-order chi connectivity index (χ0) is 17.8. The lowest BCUT2D eigenvalue weighted by Crippen LogP contribution is -2.58. The van der Waals surface area contributed by atoms with Crippen LogP contribution >= 0.6 is 0 Å². The van der Waals surface area contributed by atoms with E-state index in [1.165, 1.54) is 4.31 Å². The lowest BCUT2D eigenvalue weighted by molar-refractivity contribution is -0.126. The Morgan fingerprint density at radius 2 is 2.00 bits per heavy atom. The van der Waals surface area contributed by atoms with Crippen LogP contribution in [0.25, 0.3) is 0 Å². The number of benzene rings is 1. The van der Waals surface area contributed by atoms with Crippen LogP contribution in [0.5, 0.6) is 5.75 Å². The van der Waals surface area contributed by atoms with E-state index in [9.17, 15) is 13.2 Å². The number of piperidine rings is 1. The molecule has 0 aliphatic carbocycles. The number of hydrogen-bond donors (Lipinski definition) is 2. The average molecular weight is 355 g/mol. The molecule has 0 atom stereocenters. The van der Waals surface area contributed by atoms with Gasteiger partial charge in [0, 0.05) is 31.9 Å². The molecule has 2 N–H and O–H groups in total. The molecule has 1 heterocycles. The number of ether oxygens (including phenoxy) is 1. The van der Waals surface area contributed by atoms with Gasteiger partial charge in [-0.15, -0.1) is 0 Å². The first kappa shape index (κ1) is 18.5. The minimum atomic E-state index is -3.23. The molecule has 1 aromatic carbocycles. The van der Waals surface area contributed by atoms with E-state index >= 15 is 0 Å². The van der Waals surface area contributed by atoms with Gasteiger partial charge in [-0.25, -0.2) is 12.7 Å². The predicted molar refractivity (Wildman–Crippen MR) is 93.7 cm³/mol. The van der Waals surface area contributed by atoms with E-state index in [2.05, 4.69) is 10.6 Å². The summed E-state index contributed by atoms with van der Waals surface area (Å²) in [6, 6.07) is 7.35. The Hall–Kier alpha value is -1.80. The van der Waals surface area contributed by atoms with Crippen LogP contribution in [0.4, 0.5) is 5.69 Å². The minimum Gasteiger partial charge on any atom is -0.497 e. The van der Waals surface area contributed by atoms with Crippen molar-refractivity contribution in [3.63, 3.8) is 0 Å². The number of carbonyl (C=O) groups excluding carboxylic acids is 1. The van der Waals surface area contributed by atoms with Crippen LogP contribution in [-0.4, -0.2) is 57.2 Å². The van der Waals surface area contributed by atoms with Gasteiger partial charge in [0.15, 0.2) is 0 Å². The highest BCUT2D eigenvalue weighted by Gasteiger charge is 2.43. The molecule has 0 saturated carbocycles. The molecule has 2 rings (SSSR count). The van der Waals surface area contributed by atoms with E-state index in [1.54, 1.807) is 21.1 Å². The number of methoxy groups -OCH3 is 1. The van der Waals surface area contributed by atoms with E-state index in [4.69, 9.17) is 4.74 Å². The number of rotatable bonds is 6. The molecule has 1 aliphatic rings.